The fraction of sp³-hybridized carbons (Fsp3) is 0.320. The molecule has 5 rings (SSSR count). The van der Waals surface area contributed by atoms with Gasteiger partial charge in [-0.15, -0.1) is 11.3 Å². The highest BCUT2D eigenvalue weighted by Gasteiger charge is 2.24. The van der Waals surface area contributed by atoms with Gasteiger partial charge in [0.1, 0.15) is 5.01 Å². The highest BCUT2D eigenvalue weighted by Crippen LogP contribution is 2.35. The van der Waals surface area contributed by atoms with Gasteiger partial charge in [0.2, 0.25) is 0 Å². The highest BCUT2D eigenvalue weighted by molar-refractivity contribution is 7.15. The molecular weight excluding hydrogens is 496 g/mol. The van der Waals surface area contributed by atoms with Gasteiger partial charge in [-0.1, -0.05) is 12.1 Å². The molecule has 6 nitrogen and oxygen atoms in total. The number of hydrogen-bond acceptors (Lipinski definition) is 5. The number of carbonyl (C=O) groups excluding carboxylic acids is 1. The first-order chi connectivity index (χ1) is 17.3. The van der Waals surface area contributed by atoms with Gasteiger partial charge in [-0.05, 0) is 49.8 Å². The third kappa shape index (κ3) is 4.92. The van der Waals surface area contributed by atoms with E-state index < -0.39 is 29.7 Å². The van der Waals surface area contributed by atoms with Crippen molar-refractivity contribution in [3.63, 3.8) is 0 Å². The molecule has 1 aliphatic rings. The number of amides is 1. The van der Waals surface area contributed by atoms with Crippen LogP contribution in [0.2, 0.25) is 0 Å². The lowest BCUT2D eigenvalue weighted by Gasteiger charge is -2.28. The number of rotatable bonds is 6. The van der Waals surface area contributed by atoms with Crippen molar-refractivity contribution >= 4 is 28.1 Å². The Labute approximate surface area is 207 Å². The molecule has 1 amide bonds. The van der Waals surface area contributed by atoms with Crippen LogP contribution in [0.25, 0.3) is 21.5 Å². The van der Waals surface area contributed by atoms with Gasteiger partial charge in [0.05, 0.1) is 16.4 Å². The summed E-state index contributed by atoms with van der Waals surface area (Å²) < 4.78 is 54.7. The molecule has 2 aromatic carbocycles. The van der Waals surface area contributed by atoms with Crippen LogP contribution in [0.3, 0.4) is 0 Å². The summed E-state index contributed by atoms with van der Waals surface area (Å²) in [4.78, 5) is 16.3. The number of alkyl halides is 2. The van der Waals surface area contributed by atoms with Crippen LogP contribution in [0.15, 0.2) is 42.7 Å². The summed E-state index contributed by atoms with van der Waals surface area (Å²) >= 11 is 0.971. The van der Waals surface area contributed by atoms with Gasteiger partial charge in [0, 0.05) is 35.5 Å². The van der Waals surface area contributed by atoms with Crippen LogP contribution >= 0.6 is 11.3 Å². The molecule has 1 fully saturated rings. The van der Waals surface area contributed by atoms with Crippen molar-refractivity contribution in [1.29, 1.82) is 0 Å². The van der Waals surface area contributed by atoms with E-state index in [2.05, 4.69) is 10.3 Å². The molecule has 0 unspecified atom stereocenters. The number of halogens is 4. The standard InChI is InChI=1S/C25H22F4N4O2S/c26-18-7-16(8-19(27)22(18)34)24(35)30-10-13-1-5-17(6-2-13)33-12-15-4-3-14(9-20(15)32-33)25-31-11-21(36-25)23(28)29/h3-4,7-9,11-13,17,23,34H,1-2,5-6,10H2,(H,30,35). The Morgan fingerprint density at radius 3 is 2.53 bits per heavy atom. The van der Waals surface area contributed by atoms with Crippen molar-refractivity contribution in [2.45, 2.75) is 38.2 Å². The minimum absolute atomic E-state index is 0.0639. The molecule has 36 heavy (non-hydrogen) atoms. The van der Waals surface area contributed by atoms with Crippen LogP contribution in [-0.4, -0.2) is 32.3 Å². The molecule has 0 atom stereocenters. The molecule has 0 radical (unpaired) electrons. The summed E-state index contributed by atoms with van der Waals surface area (Å²) in [6.45, 7) is 0.383. The van der Waals surface area contributed by atoms with Crippen molar-refractivity contribution in [1.82, 2.24) is 20.1 Å². The first-order valence-corrected chi connectivity index (χ1v) is 12.3. The highest BCUT2D eigenvalue weighted by atomic mass is 32.1. The zero-order valence-electron chi connectivity index (χ0n) is 18.9. The van der Waals surface area contributed by atoms with E-state index in [1.807, 2.05) is 29.1 Å². The average Bonchev–Trinajstić information content (AvgIpc) is 3.53. The lowest BCUT2D eigenvalue weighted by Crippen LogP contribution is -2.31. The van der Waals surface area contributed by atoms with Crippen LogP contribution in [0, 0.1) is 17.6 Å². The Bertz CT molecular complexity index is 1390. The molecule has 2 heterocycles. The molecule has 1 aliphatic carbocycles. The Kier molecular flexibility index (Phi) is 6.65. The van der Waals surface area contributed by atoms with Gasteiger partial charge in [0.25, 0.3) is 12.3 Å². The molecule has 0 aliphatic heterocycles. The number of nitrogens with one attached hydrogen (secondary N) is 1. The van der Waals surface area contributed by atoms with Crippen LogP contribution < -0.4 is 5.32 Å². The maximum absolute atomic E-state index is 13.5. The molecule has 2 aromatic heterocycles. The second-order valence-corrected chi connectivity index (χ2v) is 9.99. The Morgan fingerprint density at radius 2 is 1.86 bits per heavy atom. The van der Waals surface area contributed by atoms with Gasteiger partial charge in [0.15, 0.2) is 17.4 Å². The Morgan fingerprint density at radius 1 is 1.14 bits per heavy atom. The van der Waals surface area contributed by atoms with Crippen LogP contribution in [0.5, 0.6) is 5.75 Å². The fourth-order valence-electron chi connectivity index (χ4n) is 4.53. The second-order valence-electron chi connectivity index (χ2n) is 8.92. The van der Waals surface area contributed by atoms with E-state index in [0.29, 0.717) is 11.6 Å². The minimum atomic E-state index is -2.54. The molecule has 0 saturated heterocycles. The molecule has 0 bridgehead atoms. The van der Waals surface area contributed by atoms with E-state index in [9.17, 15) is 27.5 Å². The number of thiazole rings is 1. The maximum atomic E-state index is 13.5. The zero-order valence-corrected chi connectivity index (χ0v) is 19.7. The second kappa shape index (κ2) is 9.88. The fourth-order valence-corrected chi connectivity index (χ4v) is 5.29. The molecule has 2 N–H and O–H groups in total. The van der Waals surface area contributed by atoms with E-state index >= 15 is 0 Å². The number of benzene rings is 2. The smallest absolute Gasteiger partial charge is 0.274 e. The normalized spacial score (nSPS) is 18.1. The molecule has 4 aromatic rings. The number of hydrogen-bond donors (Lipinski definition) is 2. The molecule has 1 saturated carbocycles. The quantitative estimate of drug-likeness (QED) is 0.296. The zero-order chi connectivity index (χ0) is 25.4. The van der Waals surface area contributed by atoms with Crippen LogP contribution in [-0.2, 0) is 0 Å². The summed E-state index contributed by atoms with van der Waals surface area (Å²) in [6, 6.07) is 7.44. The molecular formula is C25H22F4N4O2S. The van der Waals surface area contributed by atoms with Gasteiger partial charge in [-0.2, -0.15) is 5.10 Å². The van der Waals surface area contributed by atoms with Crippen molar-refractivity contribution in [3.05, 3.63) is 64.8 Å². The first kappa shape index (κ1) is 24.2. The minimum Gasteiger partial charge on any atom is -0.503 e. The van der Waals surface area contributed by atoms with Crippen molar-refractivity contribution in [3.8, 4) is 16.3 Å². The number of aromatic nitrogens is 3. The first-order valence-electron chi connectivity index (χ1n) is 11.5. The van der Waals surface area contributed by atoms with Crippen molar-refractivity contribution in [2.24, 2.45) is 5.92 Å². The van der Waals surface area contributed by atoms with E-state index in [1.54, 1.807) is 0 Å². The van der Waals surface area contributed by atoms with E-state index in [-0.39, 0.29) is 22.4 Å². The van der Waals surface area contributed by atoms with Gasteiger partial charge >= 0.3 is 0 Å². The third-order valence-corrected chi connectivity index (χ3v) is 7.59. The van der Waals surface area contributed by atoms with Gasteiger partial charge < -0.3 is 10.4 Å². The van der Waals surface area contributed by atoms with Crippen molar-refractivity contribution < 1.29 is 27.5 Å². The number of carbonyl (C=O) groups is 1. The monoisotopic (exact) mass is 518 g/mol. The number of aromatic hydroxyl groups is 1. The Hall–Kier alpha value is -3.47. The van der Waals surface area contributed by atoms with Crippen LogP contribution in [0.1, 0.15) is 53.4 Å². The van der Waals surface area contributed by atoms with E-state index in [1.165, 1.54) is 6.20 Å². The van der Waals surface area contributed by atoms with Crippen molar-refractivity contribution in [2.75, 3.05) is 6.54 Å². The Balaban J connectivity index is 1.19. The van der Waals surface area contributed by atoms with E-state index in [4.69, 9.17) is 5.10 Å². The van der Waals surface area contributed by atoms with Gasteiger partial charge in [-0.3, -0.25) is 9.48 Å². The topological polar surface area (TPSA) is 80.0 Å². The number of phenols is 1. The van der Waals surface area contributed by atoms with Crippen LogP contribution in [0.4, 0.5) is 17.6 Å². The lowest BCUT2D eigenvalue weighted by atomic mass is 9.86. The molecule has 11 heteroatoms. The number of phenolic OH excluding ortho intramolecular Hbond substituents is 1. The summed E-state index contributed by atoms with van der Waals surface area (Å²) in [5, 5.41) is 18.1. The largest absolute Gasteiger partial charge is 0.503 e. The maximum Gasteiger partial charge on any atom is 0.274 e. The molecule has 0 spiro atoms. The summed E-state index contributed by atoms with van der Waals surface area (Å²) in [6.07, 6.45) is 4.05. The summed E-state index contributed by atoms with van der Waals surface area (Å²) in [5.41, 5.74) is 1.34. The average molecular weight is 519 g/mol. The van der Waals surface area contributed by atoms with E-state index in [0.717, 1.165) is 65.6 Å². The third-order valence-electron chi connectivity index (χ3n) is 6.53. The number of nitrogens with zero attached hydrogens (tertiary/aromatic N) is 3. The predicted molar refractivity (Wildman–Crippen MR) is 127 cm³/mol. The van der Waals surface area contributed by atoms with Gasteiger partial charge in [-0.25, -0.2) is 22.5 Å². The predicted octanol–water partition coefficient (Wildman–Crippen LogP) is 6.24. The number of fused-ring (bicyclic) bond motifs is 1. The summed E-state index contributed by atoms with van der Waals surface area (Å²) in [5.74, 6) is -3.82. The summed E-state index contributed by atoms with van der Waals surface area (Å²) in [7, 11) is 0. The SMILES string of the molecule is O=C(NCC1CCC(n2cc3ccc(-c4ncc(C(F)F)s4)cc3n2)CC1)c1cc(F)c(O)c(F)c1. The lowest BCUT2D eigenvalue weighted by molar-refractivity contribution is 0.0940. The molecule has 188 valence electrons.